The maximum Gasteiger partial charge on any atom is 0.205 e. The number of hydrogen-bond acceptors (Lipinski definition) is 3. The van der Waals surface area contributed by atoms with Gasteiger partial charge >= 0.3 is 0 Å². The molecule has 8 rings (SSSR count). The van der Waals surface area contributed by atoms with Crippen LogP contribution in [0.25, 0.3) is 21.9 Å². The molecule has 6 aromatic carbocycles. The van der Waals surface area contributed by atoms with Crippen LogP contribution in [0, 0.1) is 0 Å². The summed E-state index contributed by atoms with van der Waals surface area (Å²) in [7, 11) is 0. The Morgan fingerprint density at radius 3 is 1.55 bits per heavy atom. The molecule has 0 bridgehead atoms. The zero-order chi connectivity index (χ0) is 34.2. The molecule has 0 aliphatic carbocycles. The summed E-state index contributed by atoms with van der Waals surface area (Å²) in [5.74, 6) is 1.77. The predicted molar refractivity (Wildman–Crippen MR) is 216 cm³/mol. The van der Waals surface area contributed by atoms with Gasteiger partial charge in [-0.15, -0.1) is 0 Å². The number of fused-ring (bicyclic) bond motifs is 2. The van der Waals surface area contributed by atoms with E-state index in [9.17, 15) is 0 Å². The Hall–Kier alpha value is -3.78. The largest absolute Gasteiger partial charge is 0.461 e. The Kier molecular flexibility index (Phi) is 12.0. The lowest BCUT2D eigenvalue weighted by Crippen LogP contribution is -2.08. The highest BCUT2D eigenvalue weighted by molar-refractivity contribution is 9.11. The molecule has 0 saturated heterocycles. The van der Waals surface area contributed by atoms with Gasteiger partial charge in [-0.25, -0.2) is 0 Å². The van der Waals surface area contributed by atoms with E-state index < -0.39 is 0 Å². The SMILES string of the molecule is Clc1cc(Br)cc(Br)c1.Clc1cc(Br)cc(N(c2ccccc2)c2cc3ccccc3o2)c1.c1ccc(Cc2cc3ccccc3o2)cc1. The van der Waals surface area contributed by atoms with E-state index in [-0.39, 0.29) is 0 Å². The number of nitrogens with zero attached hydrogens (tertiary/aromatic N) is 1. The second-order valence-electron chi connectivity index (χ2n) is 10.9. The minimum absolute atomic E-state index is 0.663. The van der Waals surface area contributed by atoms with E-state index >= 15 is 0 Å². The van der Waals surface area contributed by atoms with Gasteiger partial charge in [0.05, 0.1) is 5.69 Å². The van der Waals surface area contributed by atoms with E-state index in [0.717, 1.165) is 64.4 Å². The molecule has 0 aliphatic rings. The summed E-state index contributed by atoms with van der Waals surface area (Å²) in [4.78, 5) is 2.05. The number of rotatable bonds is 5. The molecule has 2 heterocycles. The fraction of sp³-hybridized carbons (Fsp3) is 0.0244. The van der Waals surface area contributed by atoms with Crippen LogP contribution in [-0.2, 0) is 6.42 Å². The van der Waals surface area contributed by atoms with Crippen molar-refractivity contribution in [1.82, 2.24) is 0 Å². The smallest absolute Gasteiger partial charge is 0.205 e. The van der Waals surface area contributed by atoms with Crippen LogP contribution in [0.5, 0.6) is 0 Å². The zero-order valence-electron chi connectivity index (χ0n) is 25.9. The Balaban J connectivity index is 0.000000143. The third kappa shape index (κ3) is 9.68. The molecular weight excluding hydrogens is 849 g/mol. The summed E-state index contributed by atoms with van der Waals surface area (Å²) in [6.45, 7) is 0. The van der Waals surface area contributed by atoms with Gasteiger partial charge in [0.25, 0.3) is 0 Å². The first-order valence-corrected chi connectivity index (χ1v) is 18.4. The van der Waals surface area contributed by atoms with E-state index in [4.69, 9.17) is 32.0 Å². The van der Waals surface area contributed by atoms with E-state index in [0.29, 0.717) is 5.02 Å². The lowest BCUT2D eigenvalue weighted by atomic mass is 10.1. The van der Waals surface area contributed by atoms with Gasteiger partial charge in [0.1, 0.15) is 16.9 Å². The molecule has 8 aromatic rings. The van der Waals surface area contributed by atoms with Crippen LogP contribution < -0.4 is 4.90 Å². The Labute approximate surface area is 320 Å². The van der Waals surface area contributed by atoms with Crippen molar-refractivity contribution >= 4 is 110 Å². The number of anilines is 3. The Bertz CT molecular complexity index is 2150. The maximum absolute atomic E-state index is 6.26. The third-order valence-electron chi connectivity index (χ3n) is 7.28. The van der Waals surface area contributed by atoms with Crippen LogP contribution in [0.4, 0.5) is 17.3 Å². The van der Waals surface area contributed by atoms with Crippen LogP contribution in [0.1, 0.15) is 11.3 Å². The van der Waals surface area contributed by atoms with Crippen molar-refractivity contribution in [2.45, 2.75) is 6.42 Å². The maximum atomic E-state index is 6.26. The molecule has 244 valence electrons. The van der Waals surface area contributed by atoms with Gasteiger partial charge in [-0.3, -0.25) is 4.90 Å². The molecule has 0 saturated carbocycles. The van der Waals surface area contributed by atoms with Crippen molar-refractivity contribution in [1.29, 1.82) is 0 Å². The zero-order valence-corrected chi connectivity index (χ0v) is 32.1. The van der Waals surface area contributed by atoms with Gasteiger partial charge < -0.3 is 8.83 Å². The summed E-state index contributed by atoms with van der Waals surface area (Å²) in [6, 6.07) is 52.1. The van der Waals surface area contributed by atoms with Crippen LogP contribution in [0.3, 0.4) is 0 Å². The molecule has 49 heavy (non-hydrogen) atoms. The second-order valence-corrected chi connectivity index (χ2v) is 14.5. The predicted octanol–water partition coefficient (Wildman–Crippen LogP) is 15.2. The molecule has 0 amide bonds. The number of benzene rings is 6. The topological polar surface area (TPSA) is 29.5 Å². The molecule has 8 heteroatoms. The third-order valence-corrected chi connectivity index (χ3v) is 9.09. The average molecular weight is 877 g/mol. The van der Waals surface area contributed by atoms with Crippen molar-refractivity contribution in [3.05, 3.63) is 193 Å². The lowest BCUT2D eigenvalue weighted by molar-refractivity contribution is 0.563. The van der Waals surface area contributed by atoms with Gasteiger partial charge in [0.2, 0.25) is 5.88 Å². The molecule has 0 aliphatic heterocycles. The number of furan rings is 2. The van der Waals surface area contributed by atoms with Gasteiger partial charge in [-0.1, -0.05) is 156 Å². The fourth-order valence-corrected chi connectivity index (χ4v) is 7.80. The molecule has 0 radical (unpaired) electrons. The van der Waals surface area contributed by atoms with Gasteiger partial charge in [0, 0.05) is 52.4 Å². The number of para-hydroxylation sites is 3. The van der Waals surface area contributed by atoms with Gasteiger partial charge in [0.15, 0.2) is 0 Å². The van der Waals surface area contributed by atoms with Crippen molar-refractivity contribution in [3.8, 4) is 0 Å². The van der Waals surface area contributed by atoms with Crippen LogP contribution >= 0.6 is 71.0 Å². The van der Waals surface area contributed by atoms with Gasteiger partial charge in [-0.05, 0) is 72.3 Å². The van der Waals surface area contributed by atoms with Crippen molar-refractivity contribution in [3.63, 3.8) is 0 Å². The summed E-state index contributed by atoms with van der Waals surface area (Å²) < 4.78 is 14.8. The normalized spacial score (nSPS) is 10.6. The summed E-state index contributed by atoms with van der Waals surface area (Å²) >= 11 is 22.1. The van der Waals surface area contributed by atoms with E-state index in [2.05, 4.69) is 89.1 Å². The first kappa shape index (κ1) is 35.1. The highest BCUT2D eigenvalue weighted by Gasteiger charge is 2.17. The molecule has 2 aromatic heterocycles. The van der Waals surface area contributed by atoms with Gasteiger partial charge in [-0.2, -0.15) is 0 Å². The minimum Gasteiger partial charge on any atom is -0.461 e. The molecule has 0 fully saturated rings. The monoisotopic (exact) mass is 873 g/mol. The Morgan fingerprint density at radius 1 is 0.469 bits per heavy atom. The summed E-state index contributed by atoms with van der Waals surface area (Å²) in [6.07, 6.45) is 0.857. The van der Waals surface area contributed by atoms with E-state index in [1.807, 2.05) is 121 Å². The second kappa shape index (κ2) is 16.8. The van der Waals surface area contributed by atoms with Crippen LogP contribution in [0.15, 0.2) is 180 Å². The number of hydrogen-bond donors (Lipinski definition) is 0. The highest BCUT2D eigenvalue weighted by Crippen LogP contribution is 2.39. The Morgan fingerprint density at radius 2 is 0.980 bits per heavy atom. The van der Waals surface area contributed by atoms with Crippen LogP contribution in [-0.4, -0.2) is 0 Å². The van der Waals surface area contributed by atoms with Crippen LogP contribution in [0.2, 0.25) is 10.0 Å². The molecule has 3 nitrogen and oxygen atoms in total. The highest BCUT2D eigenvalue weighted by atomic mass is 79.9. The molecular formula is C41H28Br3Cl2NO2. The van der Waals surface area contributed by atoms with Crippen molar-refractivity contribution in [2.75, 3.05) is 4.90 Å². The van der Waals surface area contributed by atoms with E-state index in [1.165, 1.54) is 10.9 Å². The quantitative estimate of drug-likeness (QED) is 0.173. The molecule has 0 N–H and O–H groups in total. The average Bonchev–Trinajstić information content (AvgIpc) is 3.69. The van der Waals surface area contributed by atoms with Crippen molar-refractivity contribution in [2.24, 2.45) is 0 Å². The first-order valence-electron chi connectivity index (χ1n) is 15.2. The number of halogens is 5. The first-order chi connectivity index (χ1) is 23.8. The molecule has 0 unspecified atom stereocenters. The van der Waals surface area contributed by atoms with Crippen molar-refractivity contribution < 1.29 is 8.83 Å². The lowest BCUT2D eigenvalue weighted by Gasteiger charge is -2.22. The minimum atomic E-state index is 0.663. The summed E-state index contributed by atoms with van der Waals surface area (Å²) in [5.41, 5.74) is 5.04. The fourth-order valence-electron chi connectivity index (χ4n) is 5.17. The molecule has 0 spiro atoms. The molecule has 0 atom stereocenters. The summed E-state index contributed by atoms with van der Waals surface area (Å²) in [5, 5.41) is 3.63. The van der Waals surface area contributed by atoms with E-state index in [1.54, 1.807) is 0 Å². The standard InChI is InChI=1S/C20H13BrClNO.C15H12O.C6H3Br2Cl/c21-15-11-16(22)13-18(12-15)23(17-7-2-1-3-8-17)20-10-14-6-4-5-9-19(14)24-20;1-2-6-12(7-3-1)10-14-11-13-8-4-5-9-15(13)16-14;7-4-1-5(8)3-6(9)2-4/h1-13H;1-9,11H,10H2;1-3H.